The number of pyridine rings is 1. The molecule has 0 fully saturated rings. The number of hydrogen-bond acceptors (Lipinski definition) is 4. The Hall–Kier alpha value is -3.15. The molecule has 140 valence electrons. The number of anilines is 1. The molecular formula is C21H23N3O3. The molecule has 6 nitrogen and oxygen atoms in total. The van der Waals surface area contributed by atoms with Crippen LogP contribution in [0.3, 0.4) is 0 Å². The predicted molar refractivity (Wildman–Crippen MR) is 105 cm³/mol. The molecule has 0 aliphatic carbocycles. The number of amides is 1. The molecule has 0 bridgehead atoms. The highest BCUT2D eigenvalue weighted by Crippen LogP contribution is 2.24. The van der Waals surface area contributed by atoms with E-state index >= 15 is 0 Å². The van der Waals surface area contributed by atoms with Crippen LogP contribution in [-0.4, -0.2) is 15.3 Å². The first-order chi connectivity index (χ1) is 13.1. The number of carbonyl (C=O) groups is 1. The number of aryl methyl sites for hydroxylation is 1. The first-order valence-corrected chi connectivity index (χ1v) is 9.07. The van der Waals surface area contributed by atoms with Gasteiger partial charge in [-0.1, -0.05) is 31.5 Å². The average Bonchev–Trinajstić information content (AvgIpc) is 2.66. The zero-order valence-corrected chi connectivity index (χ0v) is 15.6. The molecule has 2 aromatic heterocycles. The van der Waals surface area contributed by atoms with Crippen LogP contribution in [0.5, 0.6) is 5.75 Å². The van der Waals surface area contributed by atoms with E-state index in [2.05, 4.69) is 10.3 Å². The Morgan fingerprint density at radius 2 is 2.04 bits per heavy atom. The first-order valence-electron chi connectivity index (χ1n) is 9.07. The van der Waals surface area contributed by atoms with Gasteiger partial charge in [0.1, 0.15) is 18.0 Å². The van der Waals surface area contributed by atoms with E-state index in [1.807, 2.05) is 38.1 Å². The Kier molecular flexibility index (Phi) is 5.86. The van der Waals surface area contributed by atoms with E-state index in [4.69, 9.17) is 4.74 Å². The highest BCUT2D eigenvalue weighted by molar-refractivity contribution is 5.92. The van der Waals surface area contributed by atoms with Gasteiger partial charge in [0.05, 0.1) is 11.4 Å². The molecule has 6 heteroatoms. The summed E-state index contributed by atoms with van der Waals surface area (Å²) in [6.07, 6.45) is 4.05. The number of fused-ring (bicyclic) bond motifs is 1. The minimum atomic E-state index is -0.150. The summed E-state index contributed by atoms with van der Waals surface area (Å²) < 4.78 is 7.35. The van der Waals surface area contributed by atoms with Crippen LogP contribution in [0.25, 0.3) is 5.65 Å². The summed E-state index contributed by atoms with van der Waals surface area (Å²) in [4.78, 5) is 28.8. The molecule has 0 spiro atoms. The second-order valence-corrected chi connectivity index (χ2v) is 6.46. The van der Waals surface area contributed by atoms with Gasteiger partial charge in [-0.05, 0) is 37.1 Å². The third kappa shape index (κ3) is 4.73. The van der Waals surface area contributed by atoms with E-state index < -0.39 is 0 Å². The number of benzene rings is 1. The molecule has 2 heterocycles. The summed E-state index contributed by atoms with van der Waals surface area (Å²) in [6.45, 7) is 4.11. The lowest BCUT2D eigenvalue weighted by molar-refractivity contribution is -0.116. The lowest BCUT2D eigenvalue weighted by atomic mass is 10.2. The molecule has 1 N–H and O–H groups in total. The third-order valence-electron chi connectivity index (χ3n) is 4.15. The van der Waals surface area contributed by atoms with E-state index in [-0.39, 0.29) is 18.1 Å². The van der Waals surface area contributed by atoms with Crippen molar-refractivity contribution in [3.05, 3.63) is 70.3 Å². The van der Waals surface area contributed by atoms with Gasteiger partial charge in [0.25, 0.3) is 5.56 Å². The van der Waals surface area contributed by atoms with Crippen molar-refractivity contribution in [3.8, 4) is 5.75 Å². The van der Waals surface area contributed by atoms with Crippen LogP contribution in [-0.2, 0) is 11.4 Å². The maximum absolute atomic E-state index is 12.3. The Balaban J connectivity index is 1.75. The van der Waals surface area contributed by atoms with Crippen LogP contribution >= 0.6 is 0 Å². The number of nitrogens with zero attached hydrogens (tertiary/aromatic N) is 2. The molecule has 1 aromatic carbocycles. The smallest absolute Gasteiger partial charge is 0.258 e. The molecule has 3 rings (SSSR count). The van der Waals surface area contributed by atoms with Crippen molar-refractivity contribution < 1.29 is 9.53 Å². The number of carbonyl (C=O) groups excluding carboxylic acids is 1. The predicted octanol–water partition coefficient (Wildman–Crippen LogP) is 3.71. The second kappa shape index (κ2) is 8.49. The number of ether oxygens (including phenoxy) is 1. The third-order valence-corrected chi connectivity index (χ3v) is 4.15. The Morgan fingerprint density at radius 1 is 1.22 bits per heavy atom. The minimum absolute atomic E-state index is 0.0367. The number of hydrogen-bond donors (Lipinski definition) is 1. The van der Waals surface area contributed by atoms with E-state index in [9.17, 15) is 9.59 Å². The van der Waals surface area contributed by atoms with Gasteiger partial charge in [-0.25, -0.2) is 4.98 Å². The summed E-state index contributed by atoms with van der Waals surface area (Å²) in [7, 11) is 0. The normalized spacial score (nSPS) is 10.7. The maximum atomic E-state index is 12.3. The van der Waals surface area contributed by atoms with Crippen LogP contribution in [0, 0.1) is 6.92 Å². The molecule has 1 amide bonds. The highest BCUT2D eigenvalue weighted by atomic mass is 16.5. The van der Waals surface area contributed by atoms with E-state index in [1.54, 1.807) is 18.3 Å². The Morgan fingerprint density at radius 3 is 2.85 bits per heavy atom. The van der Waals surface area contributed by atoms with Crippen LogP contribution in [0.4, 0.5) is 5.69 Å². The van der Waals surface area contributed by atoms with Crippen LogP contribution in [0.2, 0.25) is 0 Å². The molecule has 0 atom stereocenters. The van der Waals surface area contributed by atoms with Gasteiger partial charge in [-0.3, -0.25) is 14.0 Å². The van der Waals surface area contributed by atoms with Crippen LogP contribution in [0.15, 0.2) is 53.5 Å². The number of nitrogens with one attached hydrogen (secondary N) is 1. The van der Waals surface area contributed by atoms with Gasteiger partial charge >= 0.3 is 0 Å². The van der Waals surface area contributed by atoms with Crippen LogP contribution in [0.1, 0.15) is 37.4 Å². The second-order valence-electron chi connectivity index (χ2n) is 6.46. The Bertz CT molecular complexity index is 1010. The number of para-hydroxylation sites is 2. The van der Waals surface area contributed by atoms with E-state index in [0.717, 1.165) is 18.4 Å². The first kappa shape index (κ1) is 18.6. The van der Waals surface area contributed by atoms with Gasteiger partial charge in [0, 0.05) is 18.7 Å². The lowest BCUT2D eigenvalue weighted by Gasteiger charge is -2.12. The largest absolute Gasteiger partial charge is 0.485 e. The van der Waals surface area contributed by atoms with Gasteiger partial charge < -0.3 is 10.1 Å². The van der Waals surface area contributed by atoms with Gasteiger partial charge in [-0.15, -0.1) is 0 Å². The average molecular weight is 365 g/mol. The molecule has 0 saturated carbocycles. The lowest BCUT2D eigenvalue weighted by Crippen LogP contribution is -2.17. The van der Waals surface area contributed by atoms with Crippen molar-refractivity contribution >= 4 is 17.2 Å². The topological polar surface area (TPSA) is 72.7 Å². The van der Waals surface area contributed by atoms with Gasteiger partial charge in [-0.2, -0.15) is 0 Å². The quantitative estimate of drug-likeness (QED) is 0.693. The molecule has 0 radical (unpaired) electrons. The van der Waals surface area contributed by atoms with Crippen molar-refractivity contribution in [1.29, 1.82) is 0 Å². The van der Waals surface area contributed by atoms with Gasteiger partial charge in [0.15, 0.2) is 0 Å². The van der Waals surface area contributed by atoms with Gasteiger partial charge in [0.2, 0.25) is 5.91 Å². The summed E-state index contributed by atoms with van der Waals surface area (Å²) in [5.41, 5.74) is 2.57. The maximum Gasteiger partial charge on any atom is 0.258 e. The van der Waals surface area contributed by atoms with E-state index in [1.165, 1.54) is 10.5 Å². The SMILES string of the molecule is CCCCC(=O)Nc1ccccc1OCc1cc(=O)n2cc(C)ccc2n1. The summed E-state index contributed by atoms with van der Waals surface area (Å²) >= 11 is 0. The Labute approximate surface area is 157 Å². The zero-order chi connectivity index (χ0) is 19.2. The molecular weight excluding hydrogens is 342 g/mol. The summed E-state index contributed by atoms with van der Waals surface area (Å²) in [5, 5.41) is 2.88. The molecule has 27 heavy (non-hydrogen) atoms. The summed E-state index contributed by atoms with van der Waals surface area (Å²) in [5.74, 6) is 0.513. The molecule has 0 saturated heterocycles. The number of rotatable bonds is 7. The van der Waals surface area contributed by atoms with E-state index in [0.29, 0.717) is 29.2 Å². The fourth-order valence-corrected chi connectivity index (χ4v) is 2.73. The van der Waals surface area contributed by atoms with Crippen molar-refractivity contribution in [3.63, 3.8) is 0 Å². The fourth-order valence-electron chi connectivity index (χ4n) is 2.73. The molecule has 0 unspecified atom stereocenters. The number of unbranched alkanes of at least 4 members (excludes halogenated alkanes) is 1. The van der Waals surface area contributed by atoms with Crippen molar-refractivity contribution in [2.45, 2.75) is 39.7 Å². The summed E-state index contributed by atoms with van der Waals surface area (Å²) in [6, 6.07) is 12.4. The molecule has 0 aliphatic rings. The van der Waals surface area contributed by atoms with Crippen molar-refractivity contribution in [2.75, 3.05) is 5.32 Å². The minimum Gasteiger partial charge on any atom is -0.485 e. The number of aromatic nitrogens is 2. The van der Waals surface area contributed by atoms with Crippen LogP contribution < -0.4 is 15.6 Å². The fraction of sp³-hybridized carbons (Fsp3) is 0.286. The highest BCUT2D eigenvalue weighted by Gasteiger charge is 2.09. The monoisotopic (exact) mass is 365 g/mol. The van der Waals surface area contributed by atoms with Crippen molar-refractivity contribution in [1.82, 2.24) is 9.38 Å². The van der Waals surface area contributed by atoms with Crippen molar-refractivity contribution in [2.24, 2.45) is 0 Å². The zero-order valence-electron chi connectivity index (χ0n) is 15.6. The molecule has 0 aliphatic heterocycles. The standard InChI is InChI=1S/C21H23N3O3/c1-3-4-9-20(25)23-17-7-5-6-8-18(17)27-14-16-12-21(26)24-13-15(2)10-11-19(24)22-16/h5-8,10-13H,3-4,9,14H2,1-2H3,(H,23,25). The molecule has 3 aromatic rings.